The fraction of sp³-hybridized carbons (Fsp3) is 0.593. The summed E-state index contributed by atoms with van der Waals surface area (Å²) in [6.45, 7) is 4.10. The monoisotopic (exact) mass is 618 g/mol. The molecule has 10 nitrogen and oxygen atoms in total. The number of benzene rings is 2. The van der Waals surface area contributed by atoms with E-state index in [4.69, 9.17) is 19.6 Å². The van der Waals surface area contributed by atoms with Crippen molar-refractivity contribution in [2.24, 2.45) is 17.8 Å². The highest BCUT2D eigenvalue weighted by Crippen LogP contribution is 2.61. The minimum Gasteiger partial charge on any atom is -0.469 e. The number of carbonyl (C=O) groups is 1. The van der Waals surface area contributed by atoms with Gasteiger partial charge in [0, 0.05) is 11.5 Å². The van der Waals surface area contributed by atoms with Crippen LogP contribution in [-0.4, -0.2) is 57.4 Å². The smallest absolute Gasteiger partial charge is 0.469 e. The standard InChI is InChI=1S/C20H25O4P.C7H15O6PS/c1-2-13-12-15(8-5-11-24-25(21,22)23)20-17-10-4-7-14-6-3-9-16(18(14)17)19(13)20;1-6(7(8)12-2)5-15-4-3-13-14(9,10)11/h3-4,6-7,9-10,13,15,19-20H,2,5,8,11-12H2,1H3,(H2,21,22,23);6H,3-5H2,1-2H3,(H2,9,10,11). The molecular formula is C27H40O10P2S. The average Bonchev–Trinajstić information content (AvgIpc) is 3.43. The maximum atomic E-state index is 10.9. The van der Waals surface area contributed by atoms with Crippen LogP contribution in [0, 0.1) is 17.8 Å². The van der Waals surface area contributed by atoms with Crippen molar-refractivity contribution in [3.8, 4) is 0 Å². The maximum Gasteiger partial charge on any atom is 0.469 e. The quantitative estimate of drug-likeness (QED) is 0.126. The molecule has 2 aliphatic rings. The fourth-order valence-corrected chi connectivity index (χ4v) is 7.79. The number of phosphoric ester groups is 2. The van der Waals surface area contributed by atoms with E-state index in [1.54, 1.807) is 6.92 Å². The molecule has 40 heavy (non-hydrogen) atoms. The van der Waals surface area contributed by atoms with Crippen molar-refractivity contribution < 1.29 is 47.3 Å². The van der Waals surface area contributed by atoms with E-state index in [-0.39, 0.29) is 25.1 Å². The van der Waals surface area contributed by atoms with Crippen molar-refractivity contribution in [1.82, 2.24) is 0 Å². The zero-order valence-electron chi connectivity index (χ0n) is 23.0. The van der Waals surface area contributed by atoms with Crippen LogP contribution in [0.1, 0.15) is 62.5 Å². The molecule has 0 bridgehead atoms. The Hall–Kier alpha value is -1.26. The number of esters is 1. The summed E-state index contributed by atoms with van der Waals surface area (Å²) >= 11 is 1.38. The van der Waals surface area contributed by atoms with E-state index in [1.165, 1.54) is 53.6 Å². The fourth-order valence-electron chi connectivity index (χ4n) is 6.11. The predicted octanol–water partition coefficient (Wildman–Crippen LogP) is 5.59. The molecule has 0 heterocycles. The Morgan fingerprint density at radius 3 is 2.10 bits per heavy atom. The molecule has 224 valence electrons. The number of fused-ring (bicyclic) bond motifs is 3. The molecule has 5 unspecified atom stereocenters. The van der Waals surface area contributed by atoms with E-state index in [1.807, 2.05) is 0 Å². The lowest BCUT2D eigenvalue weighted by atomic mass is 9.83. The number of hydrogen-bond donors (Lipinski definition) is 4. The Labute approximate surface area is 239 Å². The lowest BCUT2D eigenvalue weighted by Gasteiger charge is -2.21. The first-order chi connectivity index (χ1) is 18.9. The van der Waals surface area contributed by atoms with Crippen molar-refractivity contribution in [2.75, 3.05) is 31.8 Å². The lowest BCUT2D eigenvalue weighted by molar-refractivity contribution is -0.144. The number of rotatable bonds is 13. The zero-order chi connectivity index (χ0) is 29.5. The van der Waals surface area contributed by atoms with Crippen molar-refractivity contribution in [2.45, 2.75) is 51.4 Å². The first-order valence-corrected chi connectivity index (χ1v) is 17.6. The number of hydrogen-bond acceptors (Lipinski definition) is 7. The van der Waals surface area contributed by atoms with Crippen LogP contribution < -0.4 is 0 Å². The number of carbonyl (C=O) groups excluding carboxylic acids is 1. The van der Waals surface area contributed by atoms with Gasteiger partial charge in [0.2, 0.25) is 0 Å². The lowest BCUT2D eigenvalue weighted by Crippen LogP contribution is -2.15. The molecule has 4 N–H and O–H groups in total. The summed E-state index contributed by atoms with van der Waals surface area (Å²) in [5, 5.41) is 2.79. The molecule has 2 aromatic rings. The van der Waals surface area contributed by atoms with Crippen LogP contribution in [0.3, 0.4) is 0 Å². The van der Waals surface area contributed by atoms with Gasteiger partial charge < -0.3 is 24.3 Å². The Morgan fingerprint density at radius 1 is 0.975 bits per heavy atom. The van der Waals surface area contributed by atoms with Crippen LogP contribution in [0.15, 0.2) is 36.4 Å². The van der Waals surface area contributed by atoms with Gasteiger partial charge in [-0.1, -0.05) is 56.7 Å². The number of thioether (sulfide) groups is 1. The van der Waals surface area contributed by atoms with Gasteiger partial charge in [-0.2, -0.15) is 11.8 Å². The molecule has 13 heteroatoms. The van der Waals surface area contributed by atoms with Crippen molar-refractivity contribution in [3.63, 3.8) is 0 Å². The molecule has 0 radical (unpaired) electrons. The third kappa shape index (κ3) is 9.12. The van der Waals surface area contributed by atoms with Crippen molar-refractivity contribution >= 4 is 44.1 Å². The van der Waals surface area contributed by atoms with E-state index in [0.717, 1.165) is 6.42 Å². The molecule has 2 aliphatic carbocycles. The molecular weight excluding hydrogens is 578 g/mol. The SMILES string of the molecule is CCC1CC(CCCOP(=O)(O)O)C2c3cccc4cccc(c34)C12.COC(=O)C(C)CSCCOP(=O)(O)O. The zero-order valence-corrected chi connectivity index (χ0v) is 25.7. The van der Waals surface area contributed by atoms with Gasteiger partial charge in [-0.15, -0.1) is 0 Å². The third-order valence-electron chi connectivity index (χ3n) is 7.66. The Bertz CT molecular complexity index is 1220. The summed E-state index contributed by atoms with van der Waals surface area (Å²) in [6.07, 6.45) is 4.04. The van der Waals surface area contributed by atoms with Crippen LogP contribution in [0.2, 0.25) is 0 Å². The summed E-state index contributed by atoms with van der Waals surface area (Å²) in [7, 11) is -7.39. The molecule has 5 atom stereocenters. The van der Waals surface area contributed by atoms with E-state index < -0.39 is 15.6 Å². The third-order valence-corrected chi connectivity index (χ3v) is 9.89. The largest absolute Gasteiger partial charge is 0.469 e. The maximum absolute atomic E-state index is 10.9. The molecule has 0 aromatic heterocycles. The van der Waals surface area contributed by atoms with Gasteiger partial charge in [-0.3, -0.25) is 13.8 Å². The average molecular weight is 619 g/mol. The Balaban J connectivity index is 0.000000255. The number of ether oxygens (including phenoxy) is 1. The topological polar surface area (TPSA) is 160 Å². The predicted molar refractivity (Wildman–Crippen MR) is 155 cm³/mol. The minimum absolute atomic E-state index is 0.0389. The van der Waals surface area contributed by atoms with Gasteiger partial charge in [0.05, 0.1) is 26.2 Å². The first kappa shape index (κ1) is 33.2. The molecule has 4 rings (SSSR count). The van der Waals surface area contributed by atoms with Gasteiger partial charge >= 0.3 is 21.6 Å². The van der Waals surface area contributed by atoms with Gasteiger partial charge in [-0.25, -0.2) is 9.13 Å². The highest BCUT2D eigenvalue weighted by atomic mass is 32.2. The molecule has 0 amide bonds. The Morgan fingerprint density at radius 2 is 1.55 bits per heavy atom. The summed E-state index contributed by atoms with van der Waals surface area (Å²) in [5.41, 5.74) is 2.99. The van der Waals surface area contributed by atoms with Gasteiger partial charge in [-0.05, 0) is 64.8 Å². The Kier molecular flexibility index (Phi) is 12.3. The second-order valence-electron chi connectivity index (χ2n) is 10.3. The van der Waals surface area contributed by atoms with Crippen LogP contribution in [0.25, 0.3) is 10.8 Å². The van der Waals surface area contributed by atoms with E-state index >= 15 is 0 Å². The van der Waals surface area contributed by atoms with Crippen LogP contribution in [-0.2, 0) is 27.7 Å². The molecule has 0 spiro atoms. The summed E-state index contributed by atoms with van der Waals surface area (Å²) in [5.74, 6) is 2.83. The van der Waals surface area contributed by atoms with Crippen LogP contribution in [0.4, 0.5) is 0 Å². The first-order valence-electron chi connectivity index (χ1n) is 13.4. The summed E-state index contributed by atoms with van der Waals surface area (Å²) < 4.78 is 34.5. The number of methoxy groups -OCH3 is 1. The van der Waals surface area contributed by atoms with Crippen LogP contribution in [0.5, 0.6) is 0 Å². The molecule has 0 saturated heterocycles. The number of phosphoric acid groups is 2. The van der Waals surface area contributed by atoms with Gasteiger partial charge in [0.1, 0.15) is 0 Å². The molecule has 2 aromatic carbocycles. The molecule has 0 aliphatic heterocycles. The van der Waals surface area contributed by atoms with Crippen molar-refractivity contribution in [3.05, 3.63) is 47.5 Å². The summed E-state index contributed by atoms with van der Waals surface area (Å²) in [4.78, 5) is 45.4. The highest BCUT2D eigenvalue weighted by Gasteiger charge is 2.48. The van der Waals surface area contributed by atoms with Crippen LogP contribution >= 0.6 is 27.4 Å². The second kappa shape index (κ2) is 14.8. The van der Waals surface area contributed by atoms with Gasteiger partial charge in [0.25, 0.3) is 0 Å². The summed E-state index contributed by atoms with van der Waals surface area (Å²) in [6, 6.07) is 13.3. The highest BCUT2D eigenvalue weighted by molar-refractivity contribution is 7.99. The molecule has 1 saturated carbocycles. The van der Waals surface area contributed by atoms with E-state index in [0.29, 0.717) is 41.6 Å². The van der Waals surface area contributed by atoms with Gasteiger partial charge in [0.15, 0.2) is 0 Å². The van der Waals surface area contributed by atoms with Crippen molar-refractivity contribution in [1.29, 1.82) is 0 Å². The minimum atomic E-state index is -4.36. The second-order valence-corrected chi connectivity index (χ2v) is 13.9. The van der Waals surface area contributed by atoms with E-state index in [2.05, 4.69) is 57.1 Å². The molecule has 1 fully saturated rings. The normalized spacial score (nSPS) is 22.5. The van der Waals surface area contributed by atoms with E-state index in [9.17, 15) is 13.9 Å².